The number of rotatable bonds is 3. The summed E-state index contributed by atoms with van der Waals surface area (Å²) in [4.78, 5) is 4.33. The molecule has 19 heavy (non-hydrogen) atoms. The number of hydrogen-bond donors (Lipinski definition) is 3. The molecule has 0 saturated heterocycles. The van der Waals surface area contributed by atoms with E-state index in [1.165, 1.54) is 12.8 Å². The fourth-order valence-corrected chi connectivity index (χ4v) is 3.19. The third-order valence-electron chi connectivity index (χ3n) is 3.82. The van der Waals surface area contributed by atoms with E-state index in [9.17, 15) is 0 Å². The van der Waals surface area contributed by atoms with Crippen LogP contribution in [-0.4, -0.2) is 11.0 Å². The zero-order chi connectivity index (χ0) is 14.0. The van der Waals surface area contributed by atoms with Crippen LogP contribution in [0, 0.1) is 11.8 Å². The minimum atomic E-state index is 0.396. The van der Waals surface area contributed by atoms with Gasteiger partial charge in [-0.15, -0.1) is 0 Å². The van der Waals surface area contributed by atoms with Crippen molar-refractivity contribution in [1.82, 2.24) is 4.98 Å². The monoisotopic (exact) mass is 302 g/mol. The van der Waals surface area contributed by atoms with Gasteiger partial charge < -0.3 is 10.7 Å². The molecule has 0 bridgehead atoms. The van der Waals surface area contributed by atoms with Crippen LogP contribution in [0.2, 0.25) is 10.0 Å². The van der Waals surface area contributed by atoms with Crippen molar-refractivity contribution >= 4 is 34.8 Å². The van der Waals surface area contributed by atoms with Gasteiger partial charge in [-0.25, -0.2) is 10.8 Å². The Bertz CT molecular complexity index is 453. The highest BCUT2D eigenvalue weighted by atomic mass is 35.5. The molecule has 0 aliphatic heterocycles. The van der Waals surface area contributed by atoms with Crippen LogP contribution in [0.25, 0.3) is 0 Å². The molecule has 0 spiro atoms. The van der Waals surface area contributed by atoms with Gasteiger partial charge in [0.15, 0.2) is 5.82 Å². The number of aromatic nitrogens is 1. The predicted molar refractivity (Wildman–Crippen MR) is 81.7 cm³/mol. The lowest BCUT2D eigenvalue weighted by atomic mass is 9.80. The maximum Gasteiger partial charge on any atom is 0.161 e. The highest BCUT2D eigenvalue weighted by molar-refractivity contribution is 6.37. The molecule has 1 fully saturated rings. The van der Waals surface area contributed by atoms with E-state index in [4.69, 9.17) is 29.0 Å². The minimum absolute atomic E-state index is 0.396. The van der Waals surface area contributed by atoms with Crippen molar-refractivity contribution in [2.45, 2.75) is 39.2 Å². The van der Waals surface area contributed by atoms with Crippen molar-refractivity contribution in [3.63, 3.8) is 0 Å². The van der Waals surface area contributed by atoms with E-state index in [0.29, 0.717) is 33.6 Å². The van der Waals surface area contributed by atoms with Crippen LogP contribution in [0.3, 0.4) is 0 Å². The number of halogens is 2. The summed E-state index contributed by atoms with van der Waals surface area (Å²) in [5.41, 5.74) is 2.48. The SMILES string of the molecule is CC1CCC(Nc2nc(NN)c(Cl)cc2Cl)C(C)C1. The van der Waals surface area contributed by atoms with Gasteiger partial charge in [-0.3, -0.25) is 0 Å². The van der Waals surface area contributed by atoms with Gasteiger partial charge in [-0.2, -0.15) is 0 Å². The summed E-state index contributed by atoms with van der Waals surface area (Å²) >= 11 is 12.2. The highest BCUT2D eigenvalue weighted by Gasteiger charge is 2.26. The summed E-state index contributed by atoms with van der Waals surface area (Å²) in [5, 5.41) is 4.37. The van der Waals surface area contributed by atoms with Crippen molar-refractivity contribution in [3.8, 4) is 0 Å². The Morgan fingerprint density at radius 1 is 1.21 bits per heavy atom. The summed E-state index contributed by atoms with van der Waals surface area (Å²) in [5.74, 6) is 7.86. The number of nitrogens with two attached hydrogens (primary N) is 1. The minimum Gasteiger partial charge on any atom is -0.366 e. The molecule has 0 radical (unpaired) electrons. The van der Waals surface area contributed by atoms with E-state index in [1.54, 1.807) is 6.07 Å². The third-order valence-corrected chi connectivity index (χ3v) is 4.40. The quantitative estimate of drug-likeness (QED) is 0.585. The second-order valence-corrected chi connectivity index (χ2v) is 6.25. The lowest BCUT2D eigenvalue weighted by molar-refractivity contribution is 0.276. The van der Waals surface area contributed by atoms with E-state index < -0.39 is 0 Å². The number of anilines is 2. The van der Waals surface area contributed by atoms with Gasteiger partial charge in [-0.1, -0.05) is 37.0 Å². The van der Waals surface area contributed by atoms with Crippen molar-refractivity contribution in [1.29, 1.82) is 0 Å². The van der Waals surface area contributed by atoms with Gasteiger partial charge in [0.25, 0.3) is 0 Å². The molecule has 1 aliphatic rings. The van der Waals surface area contributed by atoms with E-state index in [1.807, 2.05) is 0 Å². The first-order chi connectivity index (χ1) is 9.01. The Morgan fingerprint density at radius 2 is 1.89 bits per heavy atom. The molecule has 6 heteroatoms. The summed E-state index contributed by atoms with van der Waals surface area (Å²) in [7, 11) is 0. The highest BCUT2D eigenvalue weighted by Crippen LogP contribution is 2.34. The number of nitrogens with zero attached hydrogens (tertiary/aromatic N) is 1. The zero-order valence-electron chi connectivity index (χ0n) is 11.2. The Kier molecular flexibility index (Phi) is 4.76. The Labute approximate surface area is 124 Å². The average molecular weight is 303 g/mol. The van der Waals surface area contributed by atoms with Crippen molar-refractivity contribution in [3.05, 3.63) is 16.1 Å². The first kappa shape index (κ1) is 14.7. The molecular weight excluding hydrogens is 283 g/mol. The van der Waals surface area contributed by atoms with Gasteiger partial charge in [0.2, 0.25) is 0 Å². The van der Waals surface area contributed by atoms with Crippen LogP contribution in [-0.2, 0) is 0 Å². The molecule has 3 unspecified atom stereocenters. The summed E-state index contributed by atoms with van der Waals surface area (Å²) in [6, 6.07) is 2.05. The van der Waals surface area contributed by atoms with Crippen LogP contribution in [0.1, 0.15) is 33.1 Å². The number of pyridine rings is 1. The molecular formula is C13H20Cl2N4. The Morgan fingerprint density at radius 3 is 2.53 bits per heavy atom. The Hall–Kier alpha value is -0.710. The molecule has 1 aromatic rings. The van der Waals surface area contributed by atoms with Crippen molar-refractivity contribution < 1.29 is 0 Å². The van der Waals surface area contributed by atoms with Crippen LogP contribution < -0.4 is 16.6 Å². The van der Waals surface area contributed by atoms with Gasteiger partial charge in [0.1, 0.15) is 5.82 Å². The zero-order valence-corrected chi connectivity index (χ0v) is 12.7. The first-order valence-corrected chi connectivity index (χ1v) is 7.36. The maximum absolute atomic E-state index is 6.18. The molecule has 1 saturated carbocycles. The number of hydrazine groups is 1. The molecule has 0 aromatic carbocycles. The smallest absolute Gasteiger partial charge is 0.161 e. The Balaban J connectivity index is 2.14. The molecule has 2 rings (SSSR count). The maximum atomic E-state index is 6.18. The molecule has 4 nitrogen and oxygen atoms in total. The number of hydrogen-bond acceptors (Lipinski definition) is 4. The normalized spacial score (nSPS) is 27.1. The standard InChI is InChI=1S/C13H20Cl2N4/c1-7-3-4-11(8(2)5-7)17-12-9(14)6-10(15)13(18-12)19-16/h6-8,11H,3-5,16H2,1-2H3,(H2,17,18,19). The van der Waals surface area contributed by atoms with Crippen LogP contribution in [0.4, 0.5) is 11.6 Å². The summed E-state index contributed by atoms with van der Waals surface area (Å²) in [6.45, 7) is 4.57. The molecule has 1 aliphatic carbocycles. The fourth-order valence-electron chi connectivity index (χ4n) is 2.72. The summed E-state index contributed by atoms with van der Waals surface area (Å²) in [6.07, 6.45) is 3.59. The number of nitrogens with one attached hydrogen (secondary N) is 2. The molecule has 1 heterocycles. The van der Waals surface area contributed by atoms with Crippen molar-refractivity contribution in [2.24, 2.45) is 17.7 Å². The second kappa shape index (κ2) is 6.16. The third kappa shape index (κ3) is 3.44. The number of nitrogen functional groups attached to an aromatic ring is 1. The van der Waals surface area contributed by atoms with E-state index in [2.05, 4.69) is 29.6 Å². The molecule has 0 amide bonds. The fraction of sp³-hybridized carbons (Fsp3) is 0.615. The molecule has 106 valence electrons. The van der Waals surface area contributed by atoms with E-state index in [0.717, 1.165) is 12.3 Å². The topological polar surface area (TPSA) is 63.0 Å². The van der Waals surface area contributed by atoms with Gasteiger partial charge in [0, 0.05) is 6.04 Å². The molecule has 3 atom stereocenters. The largest absolute Gasteiger partial charge is 0.366 e. The lowest BCUT2D eigenvalue weighted by Gasteiger charge is -2.33. The summed E-state index contributed by atoms with van der Waals surface area (Å²) < 4.78 is 0. The van der Waals surface area contributed by atoms with E-state index in [-0.39, 0.29) is 0 Å². The van der Waals surface area contributed by atoms with Crippen LogP contribution in [0.5, 0.6) is 0 Å². The molecule has 4 N–H and O–H groups in total. The van der Waals surface area contributed by atoms with Crippen LogP contribution >= 0.6 is 23.2 Å². The van der Waals surface area contributed by atoms with Crippen LogP contribution in [0.15, 0.2) is 6.07 Å². The molecule has 1 aromatic heterocycles. The van der Waals surface area contributed by atoms with Gasteiger partial charge >= 0.3 is 0 Å². The first-order valence-electron chi connectivity index (χ1n) is 6.60. The van der Waals surface area contributed by atoms with Gasteiger partial charge in [-0.05, 0) is 37.2 Å². The lowest BCUT2D eigenvalue weighted by Crippen LogP contribution is -2.33. The average Bonchev–Trinajstić information content (AvgIpc) is 2.35. The second-order valence-electron chi connectivity index (χ2n) is 5.44. The predicted octanol–water partition coefficient (Wildman–Crippen LogP) is 3.91. The van der Waals surface area contributed by atoms with Crippen molar-refractivity contribution in [2.75, 3.05) is 10.7 Å². The van der Waals surface area contributed by atoms with Gasteiger partial charge in [0.05, 0.1) is 10.0 Å². The van der Waals surface area contributed by atoms with E-state index >= 15 is 0 Å².